The van der Waals surface area contributed by atoms with E-state index in [4.69, 9.17) is 0 Å². The minimum atomic E-state index is -0.938. The number of carboxylic acid groups (broad SMARTS) is 1. The zero-order valence-corrected chi connectivity index (χ0v) is 13.1. The lowest BCUT2D eigenvalue weighted by Gasteiger charge is -2.26. The number of carbonyl (C=O) groups excluding carboxylic acids is 1. The second-order valence-electron chi connectivity index (χ2n) is 5.54. The van der Waals surface area contributed by atoms with Crippen LogP contribution in [0.15, 0.2) is 24.3 Å². The number of carbonyl (C=O) groups is 2. The average molecular weight is 308 g/mol. The van der Waals surface area contributed by atoms with Crippen molar-refractivity contribution >= 4 is 29.4 Å². The number of carboxylic acids is 1. The van der Waals surface area contributed by atoms with Crippen molar-refractivity contribution in [2.24, 2.45) is 0 Å². The van der Waals surface area contributed by atoms with E-state index in [1.54, 1.807) is 43.0 Å². The normalized spacial score (nSPS) is 15.6. The van der Waals surface area contributed by atoms with Gasteiger partial charge >= 0.3 is 12.0 Å². The molecule has 1 aliphatic rings. The molecule has 1 heterocycles. The van der Waals surface area contributed by atoms with Crippen LogP contribution >= 0.6 is 11.8 Å². The number of amides is 2. The van der Waals surface area contributed by atoms with Gasteiger partial charge in [-0.15, -0.1) is 0 Å². The Kier molecular flexibility index (Phi) is 4.77. The monoisotopic (exact) mass is 308 g/mol. The Morgan fingerprint density at radius 1 is 1.19 bits per heavy atom. The van der Waals surface area contributed by atoms with Gasteiger partial charge in [-0.3, -0.25) is 4.79 Å². The third-order valence-corrected chi connectivity index (χ3v) is 4.63. The van der Waals surface area contributed by atoms with Crippen molar-refractivity contribution in [3.05, 3.63) is 29.8 Å². The maximum Gasteiger partial charge on any atom is 0.321 e. The standard InChI is InChI=1S/C15H20N2O3S/c1-15(2,13(18)19)11-3-5-12(6-4-11)16-14(20)17-7-9-21-10-8-17/h3-6H,7-10H2,1-2H3,(H,16,20)(H,18,19). The summed E-state index contributed by atoms with van der Waals surface area (Å²) in [6.45, 7) is 4.85. The van der Waals surface area contributed by atoms with E-state index in [9.17, 15) is 14.7 Å². The summed E-state index contributed by atoms with van der Waals surface area (Å²) >= 11 is 1.85. The predicted octanol–water partition coefficient (Wildman–Crippen LogP) is 2.63. The van der Waals surface area contributed by atoms with Gasteiger partial charge in [0.25, 0.3) is 0 Å². The van der Waals surface area contributed by atoms with Crippen LogP contribution in [0, 0.1) is 0 Å². The van der Waals surface area contributed by atoms with Crippen LogP contribution in [0.2, 0.25) is 0 Å². The van der Waals surface area contributed by atoms with Crippen LogP contribution in [0.5, 0.6) is 0 Å². The molecule has 5 nitrogen and oxygen atoms in total. The molecule has 0 aliphatic carbocycles. The van der Waals surface area contributed by atoms with Crippen molar-refractivity contribution in [3.63, 3.8) is 0 Å². The smallest absolute Gasteiger partial charge is 0.321 e. The average Bonchev–Trinajstić information content (AvgIpc) is 2.48. The van der Waals surface area contributed by atoms with Gasteiger partial charge in [0, 0.05) is 30.3 Å². The Hall–Kier alpha value is -1.69. The molecule has 114 valence electrons. The Labute approximate surface area is 128 Å². The highest BCUT2D eigenvalue weighted by Gasteiger charge is 2.29. The highest BCUT2D eigenvalue weighted by molar-refractivity contribution is 7.99. The maximum atomic E-state index is 12.1. The van der Waals surface area contributed by atoms with Crippen molar-refractivity contribution in [1.82, 2.24) is 4.90 Å². The van der Waals surface area contributed by atoms with E-state index >= 15 is 0 Å². The number of nitrogens with zero attached hydrogens (tertiary/aromatic N) is 1. The number of anilines is 1. The number of thioether (sulfide) groups is 1. The van der Waals surface area contributed by atoms with Gasteiger partial charge in [-0.1, -0.05) is 12.1 Å². The number of hydrogen-bond donors (Lipinski definition) is 2. The summed E-state index contributed by atoms with van der Waals surface area (Å²) in [6.07, 6.45) is 0. The lowest BCUT2D eigenvalue weighted by Crippen LogP contribution is -2.40. The molecule has 0 spiro atoms. The molecule has 2 rings (SSSR count). The van der Waals surface area contributed by atoms with Gasteiger partial charge in [0.2, 0.25) is 0 Å². The van der Waals surface area contributed by atoms with E-state index in [1.165, 1.54) is 0 Å². The molecule has 0 radical (unpaired) electrons. The molecule has 0 saturated carbocycles. The SMILES string of the molecule is CC(C)(C(=O)O)c1ccc(NC(=O)N2CCSCC2)cc1. The summed E-state index contributed by atoms with van der Waals surface area (Å²) in [5, 5.41) is 12.1. The van der Waals surface area contributed by atoms with Crippen LogP contribution < -0.4 is 5.32 Å². The van der Waals surface area contributed by atoms with E-state index in [1.807, 2.05) is 11.8 Å². The summed E-state index contributed by atoms with van der Waals surface area (Å²) in [6, 6.07) is 6.89. The van der Waals surface area contributed by atoms with Crippen molar-refractivity contribution in [2.45, 2.75) is 19.3 Å². The molecule has 0 unspecified atom stereocenters. The van der Waals surface area contributed by atoms with Crippen LogP contribution in [-0.2, 0) is 10.2 Å². The van der Waals surface area contributed by atoms with Crippen molar-refractivity contribution in [2.75, 3.05) is 29.9 Å². The first kappa shape index (κ1) is 15.7. The molecule has 1 fully saturated rings. The van der Waals surface area contributed by atoms with E-state index in [0.717, 1.165) is 24.6 Å². The molecule has 1 aliphatic heterocycles. The molecular formula is C15H20N2O3S. The highest BCUT2D eigenvalue weighted by Crippen LogP contribution is 2.25. The van der Waals surface area contributed by atoms with E-state index in [2.05, 4.69) is 5.32 Å². The third kappa shape index (κ3) is 3.69. The van der Waals surface area contributed by atoms with Gasteiger partial charge in [-0.05, 0) is 31.5 Å². The first-order chi connectivity index (χ1) is 9.91. The molecule has 0 aromatic heterocycles. The number of benzene rings is 1. The van der Waals surface area contributed by atoms with E-state index in [0.29, 0.717) is 11.3 Å². The van der Waals surface area contributed by atoms with E-state index < -0.39 is 11.4 Å². The van der Waals surface area contributed by atoms with Gasteiger partial charge in [0.05, 0.1) is 5.41 Å². The minimum Gasteiger partial charge on any atom is -0.481 e. The molecular weight excluding hydrogens is 288 g/mol. The van der Waals surface area contributed by atoms with Crippen molar-refractivity contribution in [3.8, 4) is 0 Å². The van der Waals surface area contributed by atoms with Crippen molar-refractivity contribution in [1.29, 1.82) is 0 Å². The summed E-state index contributed by atoms with van der Waals surface area (Å²) in [4.78, 5) is 25.1. The number of nitrogens with one attached hydrogen (secondary N) is 1. The summed E-state index contributed by atoms with van der Waals surface area (Å²) in [5.41, 5.74) is 0.456. The van der Waals surface area contributed by atoms with Crippen LogP contribution in [0.3, 0.4) is 0 Å². The number of urea groups is 1. The summed E-state index contributed by atoms with van der Waals surface area (Å²) in [7, 11) is 0. The Balaban J connectivity index is 2.02. The number of hydrogen-bond acceptors (Lipinski definition) is 3. The van der Waals surface area contributed by atoms with Gasteiger partial charge in [0.1, 0.15) is 0 Å². The fourth-order valence-electron chi connectivity index (χ4n) is 2.06. The molecule has 2 N–H and O–H groups in total. The quantitative estimate of drug-likeness (QED) is 0.900. The first-order valence-corrected chi connectivity index (χ1v) is 8.04. The fourth-order valence-corrected chi connectivity index (χ4v) is 2.97. The van der Waals surface area contributed by atoms with E-state index in [-0.39, 0.29) is 6.03 Å². The second kappa shape index (κ2) is 6.39. The number of aliphatic carboxylic acids is 1. The molecule has 0 bridgehead atoms. The van der Waals surface area contributed by atoms with Gasteiger partial charge in [0.15, 0.2) is 0 Å². The fraction of sp³-hybridized carbons (Fsp3) is 0.467. The predicted molar refractivity (Wildman–Crippen MR) is 85.0 cm³/mol. The number of rotatable bonds is 3. The molecule has 1 saturated heterocycles. The van der Waals surface area contributed by atoms with Gasteiger partial charge < -0.3 is 15.3 Å². The largest absolute Gasteiger partial charge is 0.481 e. The highest BCUT2D eigenvalue weighted by atomic mass is 32.2. The lowest BCUT2D eigenvalue weighted by molar-refractivity contribution is -0.142. The summed E-state index contributed by atoms with van der Waals surface area (Å²) < 4.78 is 0. The molecule has 0 atom stereocenters. The first-order valence-electron chi connectivity index (χ1n) is 6.89. The second-order valence-corrected chi connectivity index (χ2v) is 6.76. The Morgan fingerprint density at radius 2 is 1.76 bits per heavy atom. The summed E-state index contributed by atoms with van der Waals surface area (Å²) in [5.74, 6) is 1.07. The molecule has 21 heavy (non-hydrogen) atoms. The zero-order valence-electron chi connectivity index (χ0n) is 12.3. The molecule has 1 aromatic rings. The van der Waals surface area contributed by atoms with Crippen molar-refractivity contribution < 1.29 is 14.7 Å². The third-order valence-electron chi connectivity index (χ3n) is 3.69. The van der Waals surface area contributed by atoms with Crippen LogP contribution in [-0.4, -0.2) is 46.6 Å². The van der Waals surface area contributed by atoms with Crippen LogP contribution in [0.4, 0.5) is 10.5 Å². The Morgan fingerprint density at radius 3 is 2.29 bits per heavy atom. The minimum absolute atomic E-state index is 0.0967. The lowest BCUT2D eigenvalue weighted by atomic mass is 9.85. The Bertz CT molecular complexity index is 522. The molecule has 1 aromatic carbocycles. The molecule has 6 heteroatoms. The topological polar surface area (TPSA) is 69.6 Å². The van der Waals surface area contributed by atoms with Crippen LogP contribution in [0.25, 0.3) is 0 Å². The van der Waals surface area contributed by atoms with Gasteiger partial charge in [-0.2, -0.15) is 11.8 Å². The van der Waals surface area contributed by atoms with Gasteiger partial charge in [-0.25, -0.2) is 4.79 Å². The van der Waals surface area contributed by atoms with Crippen LogP contribution in [0.1, 0.15) is 19.4 Å². The maximum absolute atomic E-state index is 12.1. The zero-order chi connectivity index (χ0) is 15.5. The molecule has 2 amide bonds.